The first-order chi connectivity index (χ1) is 7.79. The second-order valence-corrected chi connectivity index (χ2v) is 3.00. The van der Waals surface area contributed by atoms with E-state index in [-0.39, 0.29) is 5.69 Å². The van der Waals surface area contributed by atoms with Crippen molar-refractivity contribution >= 4 is 5.97 Å². The van der Waals surface area contributed by atoms with Crippen molar-refractivity contribution in [2.24, 2.45) is 0 Å². The molecule has 0 fully saturated rings. The first-order valence-electron chi connectivity index (χ1n) is 4.51. The molecule has 0 aliphatic heterocycles. The van der Waals surface area contributed by atoms with Crippen LogP contribution in [0.25, 0.3) is 0 Å². The molecular formula is C11H7N3O2. The molecule has 78 valence electrons. The minimum atomic E-state index is -0.512. The molecule has 0 radical (unpaired) electrons. The zero-order chi connectivity index (χ0) is 11.4. The van der Waals surface area contributed by atoms with Gasteiger partial charge in [-0.3, -0.25) is 5.10 Å². The SMILES string of the molecule is N#Cc1ccc(OC(=O)c2ccn[nH]2)cc1. The number of carbonyl (C=O) groups is 1. The number of nitrogens with zero attached hydrogens (tertiary/aromatic N) is 2. The fourth-order valence-corrected chi connectivity index (χ4v) is 1.13. The number of hydrogen-bond acceptors (Lipinski definition) is 4. The molecule has 16 heavy (non-hydrogen) atoms. The molecule has 0 aliphatic carbocycles. The molecule has 0 bridgehead atoms. The molecule has 1 N–H and O–H groups in total. The normalized spacial score (nSPS) is 9.44. The number of aromatic nitrogens is 2. The van der Waals surface area contributed by atoms with Crippen LogP contribution in [0.4, 0.5) is 0 Å². The highest BCUT2D eigenvalue weighted by Crippen LogP contribution is 2.12. The van der Waals surface area contributed by atoms with Crippen molar-refractivity contribution in [1.82, 2.24) is 10.2 Å². The third-order valence-corrected chi connectivity index (χ3v) is 1.91. The number of esters is 1. The summed E-state index contributed by atoms with van der Waals surface area (Å²) in [6.07, 6.45) is 1.47. The van der Waals surface area contributed by atoms with Gasteiger partial charge in [-0.1, -0.05) is 0 Å². The third kappa shape index (κ3) is 2.07. The van der Waals surface area contributed by atoms with Gasteiger partial charge in [0.2, 0.25) is 0 Å². The van der Waals surface area contributed by atoms with E-state index >= 15 is 0 Å². The molecule has 2 aromatic rings. The highest BCUT2D eigenvalue weighted by molar-refractivity contribution is 5.88. The van der Waals surface area contributed by atoms with Gasteiger partial charge in [0, 0.05) is 6.20 Å². The van der Waals surface area contributed by atoms with Crippen LogP contribution in [-0.2, 0) is 0 Å². The van der Waals surface area contributed by atoms with E-state index in [2.05, 4.69) is 10.2 Å². The molecule has 0 aliphatic rings. The molecular weight excluding hydrogens is 206 g/mol. The molecule has 2 rings (SSSR count). The van der Waals surface area contributed by atoms with E-state index in [0.29, 0.717) is 11.3 Å². The standard InChI is InChI=1S/C11H7N3O2/c12-7-8-1-3-9(4-2-8)16-11(15)10-5-6-13-14-10/h1-6H,(H,13,14). The molecule has 0 saturated carbocycles. The summed E-state index contributed by atoms with van der Waals surface area (Å²) in [6, 6.07) is 9.78. The van der Waals surface area contributed by atoms with Crippen molar-refractivity contribution in [3.63, 3.8) is 0 Å². The molecule has 0 unspecified atom stereocenters. The maximum atomic E-state index is 11.5. The van der Waals surface area contributed by atoms with Crippen LogP contribution in [0.3, 0.4) is 0 Å². The predicted molar refractivity (Wildman–Crippen MR) is 54.7 cm³/mol. The van der Waals surface area contributed by atoms with Crippen molar-refractivity contribution in [2.75, 3.05) is 0 Å². The lowest BCUT2D eigenvalue weighted by Gasteiger charge is -2.01. The van der Waals surface area contributed by atoms with Gasteiger partial charge in [0.15, 0.2) is 0 Å². The second kappa shape index (κ2) is 4.28. The Morgan fingerprint density at radius 2 is 2.06 bits per heavy atom. The lowest BCUT2D eigenvalue weighted by molar-refractivity contribution is 0.0728. The summed E-state index contributed by atoms with van der Waals surface area (Å²) in [6.45, 7) is 0. The number of aromatic amines is 1. The fraction of sp³-hybridized carbons (Fsp3) is 0. The summed E-state index contributed by atoms with van der Waals surface area (Å²) in [4.78, 5) is 11.5. The van der Waals surface area contributed by atoms with E-state index in [1.807, 2.05) is 6.07 Å². The van der Waals surface area contributed by atoms with Crippen molar-refractivity contribution in [2.45, 2.75) is 0 Å². The summed E-state index contributed by atoms with van der Waals surface area (Å²) < 4.78 is 5.04. The van der Waals surface area contributed by atoms with Gasteiger partial charge in [-0.15, -0.1) is 0 Å². The minimum absolute atomic E-state index is 0.282. The van der Waals surface area contributed by atoms with Crippen LogP contribution in [0.5, 0.6) is 5.75 Å². The number of H-pyrrole nitrogens is 1. The summed E-state index contributed by atoms with van der Waals surface area (Å²) in [7, 11) is 0. The molecule has 1 heterocycles. The molecule has 0 atom stereocenters. The van der Waals surface area contributed by atoms with Crippen LogP contribution in [-0.4, -0.2) is 16.2 Å². The lowest BCUT2D eigenvalue weighted by Crippen LogP contribution is -2.08. The number of nitrogens with one attached hydrogen (secondary N) is 1. The molecule has 5 nitrogen and oxygen atoms in total. The summed E-state index contributed by atoms with van der Waals surface area (Å²) in [5.41, 5.74) is 0.797. The highest BCUT2D eigenvalue weighted by atomic mass is 16.5. The average Bonchev–Trinajstić information content (AvgIpc) is 2.83. The second-order valence-electron chi connectivity index (χ2n) is 3.00. The number of nitriles is 1. The van der Waals surface area contributed by atoms with Gasteiger partial charge >= 0.3 is 5.97 Å². The van der Waals surface area contributed by atoms with E-state index in [4.69, 9.17) is 10.00 Å². The zero-order valence-corrected chi connectivity index (χ0v) is 8.18. The van der Waals surface area contributed by atoms with E-state index < -0.39 is 5.97 Å². The van der Waals surface area contributed by atoms with Gasteiger partial charge in [0.1, 0.15) is 11.4 Å². The Balaban J connectivity index is 2.10. The van der Waals surface area contributed by atoms with Gasteiger partial charge in [-0.05, 0) is 30.3 Å². The smallest absolute Gasteiger partial charge is 0.361 e. The van der Waals surface area contributed by atoms with Crippen LogP contribution in [0.1, 0.15) is 16.1 Å². The third-order valence-electron chi connectivity index (χ3n) is 1.91. The summed E-state index contributed by atoms with van der Waals surface area (Å²) in [5, 5.41) is 14.7. The van der Waals surface area contributed by atoms with Gasteiger partial charge < -0.3 is 4.74 Å². The summed E-state index contributed by atoms with van der Waals surface area (Å²) in [5.74, 6) is -0.124. The van der Waals surface area contributed by atoms with Crippen molar-refractivity contribution in [3.05, 3.63) is 47.8 Å². The Labute approximate surface area is 91.3 Å². The van der Waals surface area contributed by atoms with Gasteiger partial charge in [-0.2, -0.15) is 10.4 Å². The molecule has 5 heteroatoms. The highest BCUT2D eigenvalue weighted by Gasteiger charge is 2.09. The Kier molecular flexibility index (Phi) is 2.65. The first kappa shape index (κ1) is 9.93. The van der Waals surface area contributed by atoms with Crippen molar-refractivity contribution in [1.29, 1.82) is 5.26 Å². The van der Waals surface area contributed by atoms with E-state index in [0.717, 1.165) is 0 Å². The Morgan fingerprint density at radius 3 is 2.62 bits per heavy atom. The maximum absolute atomic E-state index is 11.5. The number of carbonyl (C=O) groups excluding carboxylic acids is 1. The maximum Gasteiger partial charge on any atom is 0.361 e. The lowest BCUT2D eigenvalue weighted by atomic mass is 10.2. The van der Waals surface area contributed by atoms with Gasteiger partial charge in [0.25, 0.3) is 0 Å². The predicted octanol–water partition coefficient (Wildman–Crippen LogP) is 1.50. The Hall–Kier alpha value is -2.61. The summed E-state index contributed by atoms with van der Waals surface area (Å²) >= 11 is 0. The van der Waals surface area contributed by atoms with Crippen molar-refractivity contribution < 1.29 is 9.53 Å². The van der Waals surface area contributed by atoms with Crippen LogP contribution in [0, 0.1) is 11.3 Å². The molecule has 0 spiro atoms. The monoisotopic (exact) mass is 213 g/mol. The largest absolute Gasteiger partial charge is 0.422 e. The van der Waals surface area contributed by atoms with Crippen molar-refractivity contribution in [3.8, 4) is 11.8 Å². The number of benzene rings is 1. The first-order valence-corrected chi connectivity index (χ1v) is 4.51. The number of ether oxygens (including phenoxy) is 1. The van der Waals surface area contributed by atoms with Crippen LogP contribution in [0.15, 0.2) is 36.5 Å². The Bertz CT molecular complexity index is 523. The fourth-order valence-electron chi connectivity index (χ4n) is 1.13. The molecule has 1 aromatic carbocycles. The van der Waals surface area contributed by atoms with Crippen LogP contribution < -0.4 is 4.74 Å². The Morgan fingerprint density at radius 1 is 1.31 bits per heavy atom. The van der Waals surface area contributed by atoms with Gasteiger partial charge in [0.05, 0.1) is 11.6 Å². The zero-order valence-electron chi connectivity index (χ0n) is 8.18. The van der Waals surface area contributed by atoms with E-state index in [1.54, 1.807) is 24.3 Å². The average molecular weight is 213 g/mol. The number of hydrogen-bond donors (Lipinski definition) is 1. The van der Waals surface area contributed by atoms with Crippen LogP contribution >= 0.6 is 0 Å². The minimum Gasteiger partial charge on any atom is -0.422 e. The molecule has 0 saturated heterocycles. The van der Waals surface area contributed by atoms with E-state index in [9.17, 15) is 4.79 Å². The number of rotatable bonds is 2. The van der Waals surface area contributed by atoms with E-state index in [1.165, 1.54) is 12.3 Å². The van der Waals surface area contributed by atoms with Gasteiger partial charge in [-0.25, -0.2) is 4.79 Å². The molecule has 0 amide bonds. The van der Waals surface area contributed by atoms with Crippen LogP contribution in [0.2, 0.25) is 0 Å². The topological polar surface area (TPSA) is 78.8 Å². The molecule has 1 aromatic heterocycles. The quantitative estimate of drug-likeness (QED) is 0.605.